The van der Waals surface area contributed by atoms with Crippen LogP contribution in [0.25, 0.3) is 5.65 Å². The Bertz CT molecular complexity index is 912. The number of imidazole rings is 1. The number of aromatic nitrogens is 3. The van der Waals surface area contributed by atoms with Gasteiger partial charge in [-0.1, -0.05) is 64.3 Å². The summed E-state index contributed by atoms with van der Waals surface area (Å²) in [6.45, 7) is 6.78. The number of anilines is 1. The van der Waals surface area contributed by atoms with E-state index in [1.165, 1.54) is 43.2 Å². The molecule has 2 heterocycles. The molecule has 1 aliphatic rings. The summed E-state index contributed by atoms with van der Waals surface area (Å²) >= 11 is 0. The topological polar surface area (TPSA) is 42.2 Å². The first-order valence-electron chi connectivity index (χ1n) is 10.7. The van der Waals surface area contributed by atoms with Crippen molar-refractivity contribution in [2.45, 2.75) is 77.2 Å². The highest BCUT2D eigenvalue weighted by Gasteiger charge is 2.19. The predicted octanol–water partition coefficient (Wildman–Crippen LogP) is 5.56. The molecule has 1 aromatic carbocycles. The monoisotopic (exact) mass is 376 g/mol. The fraction of sp³-hybridized carbons (Fsp3) is 0.500. The second kappa shape index (κ2) is 7.94. The lowest BCUT2D eigenvalue weighted by Gasteiger charge is -2.24. The van der Waals surface area contributed by atoms with E-state index in [-0.39, 0.29) is 5.41 Å². The van der Waals surface area contributed by atoms with Crippen LogP contribution in [0.2, 0.25) is 0 Å². The molecule has 0 atom stereocenters. The number of nitrogens with one attached hydrogen (secondary N) is 1. The van der Waals surface area contributed by atoms with Crippen molar-refractivity contribution in [3.05, 3.63) is 59.7 Å². The van der Waals surface area contributed by atoms with Crippen LogP contribution in [0.5, 0.6) is 0 Å². The van der Waals surface area contributed by atoms with Gasteiger partial charge in [-0.25, -0.2) is 4.98 Å². The van der Waals surface area contributed by atoms with Gasteiger partial charge in [0.15, 0.2) is 5.65 Å². The molecule has 4 heteroatoms. The first kappa shape index (κ1) is 19.0. The zero-order valence-electron chi connectivity index (χ0n) is 17.4. The fourth-order valence-electron chi connectivity index (χ4n) is 4.16. The van der Waals surface area contributed by atoms with E-state index in [1.54, 1.807) is 0 Å². The fourth-order valence-corrected chi connectivity index (χ4v) is 4.16. The highest BCUT2D eigenvalue weighted by molar-refractivity contribution is 5.55. The van der Waals surface area contributed by atoms with Crippen molar-refractivity contribution in [3.63, 3.8) is 0 Å². The normalized spacial score (nSPS) is 15.8. The maximum absolute atomic E-state index is 4.89. The van der Waals surface area contributed by atoms with Crippen LogP contribution >= 0.6 is 0 Å². The Morgan fingerprint density at radius 2 is 1.79 bits per heavy atom. The van der Waals surface area contributed by atoms with E-state index in [2.05, 4.69) is 59.7 Å². The molecular formula is C24H32N4. The van der Waals surface area contributed by atoms with E-state index in [4.69, 9.17) is 4.98 Å². The summed E-state index contributed by atoms with van der Waals surface area (Å²) in [7, 11) is 0. The third-order valence-corrected chi connectivity index (χ3v) is 5.92. The smallest absolute Gasteiger partial charge is 0.157 e. The van der Waals surface area contributed by atoms with E-state index in [0.29, 0.717) is 6.04 Å². The molecule has 1 N–H and O–H groups in total. The summed E-state index contributed by atoms with van der Waals surface area (Å²) < 4.78 is 2.17. The highest BCUT2D eigenvalue weighted by Crippen LogP contribution is 2.26. The number of aryl methyl sites for hydroxylation is 2. The van der Waals surface area contributed by atoms with Gasteiger partial charge in [0.25, 0.3) is 0 Å². The molecule has 0 aliphatic heterocycles. The minimum atomic E-state index is 0.199. The molecule has 0 amide bonds. The first-order valence-corrected chi connectivity index (χ1v) is 10.7. The summed E-state index contributed by atoms with van der Waals surface area (Å²) in [5.41, 5.74) is 5.03. The van der Waals surface area contributed by atoms with Gasteiger partial charge in [0.1, 0.15) is 5.82 Å². The maximum atomic E-state index is 4.89. The van der Waals surface area contributed by atoms with Gasteiger partial charge in [0.05, 0.1) is 11.9 Å². The van der Waals surface area contributed by atoms with Crippen LogP contribution in [0.4, 0.5) is 5.82 Å². The zero-order chi connectivity index (χ0) is 19.6. The zero-order valence-corrected chi connectivity index (χ0v) is 17.4. The van der Waals surface area contributed by atoms with Gasteiger partial charge in [-0.05, 0) is 42.2 Å². The minimum Gasteiger partial charge on any atom is -0.367 e. The third-order valence-electron chi connectivity index (χ3n) is 5.92. The van der Waals surface area contributed by atoms with Gasteiger partial charge in [-0.3, -0.25) is 9.38 Å². The van der Waals surface area contributed by atoms with Gasteiger partial charge >= 0.3 is 0 Å². The van der Waals surface area contributed by atoms with Crippen LogP contribution in [0, 0.1) is 0 Å². The van der Waals surface area contributed by atoms with E-state index < -0.39 is 0 Å². The lowest BCUT2D eigenvalue weighted by atomic mass is 9.86. The van der Waals surface area contributed by atoms with Crippen molar-refractivity contribution in [2.75, 3.05) is 5.32 Å². The number of fused-ring (bicyclic) bond motifs is 1. The van der Waals surface area contributed by atoms with Crippen molar-refractivity contribution in [2.24, 2.45) is 0 Å². The van der Waals surface area contributed by atoms with Crippen molar-refractivity contribution in [1.29, 1.82) is 0 Å². The summed E-state index contributed by atoms with van der Waals surface area (Å²) in [6, 6.07) is 9.64. The molecule has 0 bridgehead atoms. The number of rotatable bonds is 5. The Morgan fingerprint density at radius 3 is 2.50 bits per heavy atom. The Kier molecular flexibility index (Phi) is 5.38. The molecule has 4 rings (SSSR count). The molecule has 0 unspecified atom stereocenters. The molecule has 28 heavy (non-hydrogen) atoms. The SMILES string of the molecule is CC(C)(C)c1ccc(CCc2nc3cnccn3c2NC2CCCCC2)cc1. The van der Waals surface area contributed by atoms with Crippen molar-refractivity contribution in [1.82, 2.24) is 14.4 Å². The molecule has 3 aromatic rings. The van der Waals surface area contributed by atoms with Crippen molar-refractivity contribution < 1.29 is 0 Å². The second-order valence-corrected chi connectivity index (χ2v) is 9.14. The van der Waals surface area contributed by atoms with Gasteiger partial charge in [-0.2, -0.15) is 0 Å². The van der Waals surface area contributed by atoms with E-state index in [0.717, 1.165) is 30.0 Å². The molecule has 0 saturated heterocycles. The third kappa shape index (κ3) is 4.21. The molecule has 148 valence electrons. The van der Waals surface area contributed by atoms with Crippen molar-refractivity contribution >= 4 is 11.5 Å². The summed E-state index contributed by atoms with van der Waals surface area (Å²) in [6.07, 6.45) is 14.2. The van der Waals surface area contributed by atoms with E-state index >= 15 is 0 Å². The maximum Gasteiger partial charge on any atom is 0.157 e. The predicted molar refractivity (Wildman–Crippen MR) is 116 cm³/mol. The van der Waals surface area contributed by atoms with E-state index in [1.807, 2.05) is 18.6 Å². The first-order chi connectivity index (χ1) is 13.5. The molecule has 0 radical (unpaired) electrons. The quantitative estimate of drug-likeness (QED) is 0.634. The molecule has 1 saturated carbocycles. The average Bonchev–Trinajstić information content (AvgIpc) is 3.04. The van der Waals surface area contributed by atoms with Gasteiger partial charge in [0, 0.05) is 18.4 Å². The van der Waals surface area contributed by atoms with Crippen LogP contribution in [-0.2, 0) is 18.3 Å². The lowest BCUT2D eigenvalue weighted by Crippen LogP contribution is -2.23. The van der Waals surface area contributed by atoms with Crippen LogP contribution in [0.1, 0.15) is 69.7 Å². The largest absolute Gasteiger partial charge is 0.367 e. The number of nitrogens with zero attached hydrogens (tertiary/aromatic N) is 3. The summed E-state index contributed by atoms with van der Waals surface area (Å²) in [5, 5.41) is 3.81. The minimum absolute atomic E-state index is 0.199. The molecule has 1 aliphatic carbocycles. The van der Waals surface area contributed by atoms with Crippen LogP contribution < -0.4 is 5.32 Å². The van der Waals surface area contributed by atoms with Crippen LogP contribution in [0.15, 0.2) is 42.9 Å². The van der Waals surface area contributed by atoms with E-state index in [9.17, 15) is 0 Å². The van der Waals surface area contributed by atoms with Gasteiger partial charge < -0.3 is 5.32 Å². The molecule has 1 fully saturated rings. The van der Waals surface area contributed by atoms with Gasteiger partial charge in [0.2, 0.25) is 0 Å². The standard InChI is InChI=1S/C24H32N4/c1-24(2,3)19-12-9-18(10-13-19)11-14-21-23(26-20-7-5-4-6-8-20)28-16-15-25-17-22(28)27-21/h9-10,12-13,15-17,20,26H,4-8,11,14H2,1-3H3. The van der Waals surface area contributed by atoms with Crippen LogP contribution in [-0.4, -0.2) is 20.4 Å². The van der Waals surface area contributed by atoms with Gasteiger partial charge in [-0.15, -0.1) is 0 Å². The lowest BCUT2D eigenvalue weighted by molar-refractivity contribution is 0.461. The molecule has 0 spiro atoms. The highest BCUT2D eigenvalue weighted by atomic mass is 15.2. The second-order valence-electron chi connectivity index (χ2n) is 9.14. The number of benzene rings is 1. The molecule has 2 aromatic heterocycles. The Hall–Kier alpha value is -2.36. The average molecular weight is 377 g/mol. The molecular weight excluding hydrogens is 344 g/mol. The van der Waals surface area contributed by atoms with Crippen molar-refractivity contribution in [3.8, 4) is 0 Å². The summed E-state index contributed by atoms with van der Waals surface area (Å²) in [4.78, 5) is 9.14. The summed E-state index contributed by atoms with van der Waals surface area (Å²) in [5.74, 6) is 1.16. The Morgan fingerprint density at radius 1 is 1.04 bits per heavy atom. The Balaban J connectivity index is 1.53. The van der Waals surface area contributed by atoms with Crippen LogP contribution in [0.3, 0.4) is 0 Å². The number of hydrogen-bond donors (Lipinski definition) is 1. The Labute approximate surface area is 168 Å². The number of hydrogen-bond acceptors (Lipinski definition) is 3. The molecule has 4 nitrogen and oxygen atoms in total.